The van der Waals surface area contributed by atoms with Crippen molar-refractivity contribution in [1.29, 1.82) is 0 Å². The van der Waals surface area contributed by atoms with Crippen molar-refractivity contribution in [2.75, 3.05) is 31.1 Å². The number of aryl methyl sites for hydroxylation is 4. The number of anilines is 1. The SMILES string of the molecule is Cc1ccc(C)c(N2CCN(C(c3cc4c(C)cc(C)cc4[nH]c3=O)c3nnnn3C3CCCCC3)CC2)c1. The number of nitrogens with zero attached hydrogens (tertiary/aromatic N) is 6. The number of rotatable bonds is 5. The number of aromatic nitrogens is 5. The highest BCUT2D eigenvalue weighted by Crippen LogP contribution is 2.34. The second-order valence-corrected chi connectivity index (χ2v) is 11.6. The summed E-state index contributed by atoms with van der Waals surface area (Å²) in [6.07, 6.45) is 5.81. The molecule has 1 saturated carbocycles. The fourth-order valence-corrected chi connectivity index (χ4v) is 6.64. The van der Waals surface area contributed by atoms with Crippen LogP contribution in [0.3, 0.4) is 0 Å². The van der Waals surface area contributed by atoms with Gasteiger partial charge in [0.05, 0.1) is 6.04 Å². The van der Waals surface area contributed by atoms with Gasteiger partial charge in [-0.05, 0) is 91.4 Å². The van der Waals surface area contributed by atoms with Crippen molar-refractivity contribution >= 4 is 16.6 Å². The minimum Gasteiger partial charge on any atom is -0.369 e. The van der Waals surface area contributed by atoms with E-state index in [4.69, 9.17) is 0 Å². The monoisotopic (exact) mass is 525 g/mol. The van der Waals surface area contributed by atoms with Crippen molar-refractivity contribution in [2.24, 2.45) is 0 Å². The molecule has 2 aromatic carbocycles. The van der Waals surface area contributed by atoms with Crippen LogP contribution >= 0.6 is 0 Å². The molecule has 1 aliphatic carbocycles. The van der Waals surface area contributed by atoms with E-state index >= 15 is 0 Å². The third-order valence-corrected chi connectivity index (χ3v) is 8.70. The molecule has 1 saturated heterocycles. The van der Waals surface area contributed by atoms with E-state index in [0.29, 0.717) is 0 Å². The summed E-state index contributed by atoms with van der Waals surface area (Å²) in [6.45, 7) is 11.9. The number of benzene rings is 2. The molecule has 1 aliphatic heterocycles. The maximum Gasteiger partial charge on any atom is 0.253 e. The molecule has 0 spiro atoms. The predicted octanol–water partition coefficient (Wildman–Crippen LogP) is 5.17. The van der Waals surface area contributed by atoms with E-state index in [-0.39, 0.29) is 17.6 Å². The first-order chi connectivity index (χ1) is 18.9. The Kier molecular flexibility index (Phi) is 6.97. The summed E-state index contributed by atoms with van der Waals surface area (Å²) in [5.41, 5.74) is 7.71. The van der Waals surface area contributed by atoms with Gasteiger partial charge in [0.15, 0.2) is 5.82 Å². The fraction of sp³-hybridized carbons (Fsp3) is 0.484. The number of hydrogen-bond donors (Lipinski definition) is 1. The largest absolute Gasteiger partial charge is 0.369 e. The number of hydrogen-bond acceptors (Lipinski definition) is 6. The van der Waals surface area contributed by atoms with Crippen LogP contribution in [0.25, 0.3) is 10.9 Å². The summed E-state index contributed by atoms with van der Waals surface area (Å²) in [4.78, 5) is 21.8. The first-order valence-electron chi connectivity index (χ1n) is 14.4. The number of pyridine rings is 1. The van der Waals surface area contributed by atoms with Gasteiger partial charge in [-0.3, -0.25) is 9.69 Å². The number of tetrazole rings is 1. The number of aromatic amines is 1. The molecule has 4 aromatic rings. The van der Waals surface area contributed by atoms with E-state index in [2.05, 4.69) is 94.4 Å². The lowest BCUT2D eigenvalue weighted by Gasteiger charge is -2.40. The number of H-pyrrole nitrogens is 1. The summed E-state index contributed by atoms with van der Waals surface area (Å²) >= 11 is 0. The molecule has 39 heavy (non-hydrogen) atoms. The van der Waals surface area contributed by atoms with Gasteiger partial charge in [-0.15, -0.1) is 5.10 Å². The van der Waals surface area contributed by atoms with Gasteiger partial charge in [0.2, 0.25) is 0 Å². The van der Waals surface area contributed by atoms with Crippen LogP contribution in [0.15, 0.2) is 41.2 Å². The van der Waals surface area contributed by atoms with Gasteiger partial charge in [-0.2, -0.15) is 0 Å². The zero-order valence-corrected chi connectivity index (χ0v) is 23.6. The van der Waals surface area contributed by atoms with Crippen LogP contribution < -0.4 is 10.5 Å². The number of fused-ring (bicyclic) bond motifs is 1. The van der Waals surface area contributed by atoms with E-state index in [1.165, 1.54) is 36.1 Å². The molecule has 2 aromatic heterocycles. The molecule has 0 bridgehead atoms. The quantitative estimate of drug-likeness (QED) is 0.387. The highest BCUT2D eigenvalue weighted by molar-refractivity contribution is 5.83. The molecule has 0 amide bonds. The summed E-state index contributed by atoms with van der Waals surface area (Å²) in [6, 6.07) is 13.0. The van der Waals surface area contributed by atoms with Gasteiger partial charge in [-0.1, -0.05) is 37.5 Å². The molecule has 0 radical (unpaired) electrons. The minimum absolute atomic E-state index is 0.0624. The van der Waals surface area contributed by atoms with Crippen LogP contribution in [0.2, 0.25) is 0 Å². The van der Waals surface area contributed by atoms with Crippen LogP contribution in [0, 0.1) is 27.7 Å². The van der Waals surface area contributed by atoms with Gasteiger partial charge in [0.1, 0.15) is 6.04 Å². The zero-order chi connectivity index (χ0) is 27.1. The van der Waals surface area contributed by atoms with Gasteiger partial charge < -0.3 is 9.88 Å². The Bertz CT molecular complexity index is 1540. The predicted molar refractivity (Wildman–Crippen MR) is 156 cm³/mol. The van der Waals surface area contributed by atoms with Gasteiger partial charge in [0.25, 0.3) is 5.56 Å². The summed E-state index contributed by atoms with van der Waals surface area (Å²) in [7, 11) is 0. The Morgan fingerprint density at radius 3 is 2.41 bits per heavy atom. The van der Waals surface area contributed by atoms with Crippen LogP contribution in [0.5, 0.6) is 0 Å². The Hall–Kier alpha value is -3.52. The molecular formula is C31H39N7O. The Morgan fingerprint density at radius 2 is 1.64 bits per heavy atom. The van der Waals surface area contributed by atoms with E-state index in [9.17, 15) is 4.79 Å². The molecule has 8 nitrogen and oxygen atoms in total. The van der Waals surface area contributed by atoms with E-state index < -0.39 is 0 Å². The topological polar surface area (TPSA) is 82.9 Å². The number of piperazine rings is 1. The van der Waals surface area contributed by atoms with Gasteiger partial charge in [0, 0.05) is 48.3 Å². The maximum atomic E-state index is 13.7. The van der Waals surface area contributed by atoms with Crippen molar-refractivity contribution in [3.8, 4) is 0 Å². The first kappa shape index (κ1) is 25.7. The molecule has 8 heteroatoms. The molecule has 6 rings (SSSR count). The van der Waals surface area contributed by atoms with Crippen LogP contribution in [-0.2, 0) is 0 Å². The molecule has 2 aliphatic rings. The minimum atomic E-state index is -0.309. The average molecular weight is 526 g/mol. The standard InChI is InChI=1S/C31H39N7O/c1-20-10-11-22(3)28(18-20)36-12-14-37(15-13-36)29(30-33-34-35-38(30)24-8-6-5-7-9-24)26-19-25-23(4)16-21(2)17-27(25)32-31(26)39/h10-11,16-19,24,29H,5-9,12-15H2,1-4H3,(H,32,39). The van der Waals surface area contributed by atoms with Crippen molar-refractivity contribution < 1.29 is 0 Å². The highest BCUT2D eigenvalue weighted by Gasteiger charge is 2.34. The Morgan fingerprint density at radius 1 is 0.872 bits per heavy atom. The van der Waals surface area contributed by atoms with E-state index in [1.807, 2.05) is 4.68 Å². The fourth-order valence-electron chi connectivity index (χ4n) is 6.64. The molecule has 3 heterocycles. The molecular weight excluding hydrogens is 486 g/mol. The lowest BCUT2D eigenvalue weighted by molar-refractivity contribution is 0.192. The lowest BCUT2D eigenvalue weighted by Crippen LogP contribution is -2.49. The van der Waals surface area contributed by atoms with Crippen LogP contribution in [0.1, 0.15) is 77.8 Å². The summed E-state index contributed by atoms with van der Waals surface area (Å²) in [5, 5.41) is 14.3. The van der Waals surface area contributed by atoms with Crippen molar-refractivity contribution in [3.63, 3.8) is 0 Å². The van der Waals surface area contributed by atoms with Gasteiger partial charge >= 0.3 is 0 Å². The Labute approximate surface area is 230 Å². The number of nitrogens with one attached hydrogen (secondary N) is 1. The first-order valence-corrected chi connectivity index (χ1v) is 14.4. The van der Waals surface area contributed by atoms with Gasteiger partial charge in [-0.25, -0.2) is 4.68 Å². The Balaban J connectivity index is 1.40. The van der Waals surface area contributed by atoms with E-state index in [0.717, 1.165) is 72.4 Å². The second kappa shape index (κ2) is 10.6. The average Bonchev–Trinajstić information content (AvgIpc) is 3.41. The van der Waals surface area contributed by atoms with Crippen molar-refractivity contribution in [1.82, 2.24) is 30.1 Å². The zero-order valence-electron chi connectivity index (χ0n) is 23.6. The molecule has 204 valence electrons. The third kappa shape index (κ3) is 4.98. The smallest absolute Gasteiger partial charge is 0.253 e. The van der Waals surface area contributed by atoms with Crippen LogP contribution in [0.4, 0.5) is 5.69 Å². The maximum absolute atomic E-state index is 13.7. The van der Waals surface area contributed by atoms with Crippen LogP contribution in [-0.4, -0.2) is 56.3 Å². The summed E-state index contributed by atoms with van der Waals surface area (Å²) < 4.78 is 2.03. The lowest BCUT2D eigenvalue weighted by atomic mass is 9.94. The van der Waals surface area contributed by atoms with Crippen molar-refractivity contribution in [3.05, 3.63) is 80.4 Å². The normalized spacial score (nSPS) is 18.1. The van der Waals surface area contributed by atoms with E-state index in [1.54, 1.807) is 0 Å². The van der Waals surface area contributed by atoms with Crippen molar-refractivity contribution in [2.45, 2.75) is 71.9 Å². The molecule has 1 unspecified atom stereocenters. The summed E-state index contributed by atoms with van der Waals surface area (Å²) in [5.74, 6) is 0.789. The second-order valence-electron chi connectivity index (χ2n) is 11.6. The highest BCUT2D eigenvalue weighted by atomic mass is 16.1. The molecule has 1 atom stereocenters. The third-order valence-electron chi connectivity index (χ3n) is 8.70. The molecule has 1 N–H and O–H groups in total. The molecule has 2 fully saturated rings.